The summed E-state index contributed by atoms with van der Waals surface area (Å²) in [4.78, 5) is 15.6. The summed E-state index contributed by atoms with van der Waals surface area (Å²) in [5.74, 6) is 0.410. The van der Waals surface area contributed by atoms with Gasteiger partial charge in [-0.1, -0.05) is 0 Å². The first-order chi connectivity index (χ1) is 4.43. The van der Waals surface area contributed by atoms with Crippen molar-refractivity contribution in [3.8, 4) is 0 Å². The molecule has 0 aliphatic carbocycles. The third kappa shape index (κ3) is 1.61. The summed E-state index contributed by atoms with van der Waals surface area (Å²) in [7, 11) is 1.49. The maximum atomic E-state index is 4.53. The molecule has 1 aromatic rings. The van der Waals surface area contributed by atoms with Gasteiger partial charge in [0.25, 0.3) is 0 Å². The molecular formula is C4H6N4O. The van der Waals surface area contributed by atoms with Gasteiger partial charge < -0.3 is 0 Å². The maximum Gasteiger partial charge on any atom is 0.250 e. The van der Waals surface area contributed by atoms with Crippen LogP contribution in [0, 0.1) is 0 Å². The predicted octanol–water partition coefficient (Wildman–Crippen LogP) is -0.155. The number of nitrogens with zero attached hydrogens (tertiary/aromatic N) is 3. The van der Waals surface area contributed by atoms with E-state index in [0.29, 0.717) is 5.95 Å². The molecule has 0 atom stereocenters. The van der Waals surface area contributed by atoms with Crippen molar-refractivity contribution in [2.45, 2.75) is 0 Å². The number of nitrogens with one attached hydrogen (secondary N) is 1. The number of hydrogen-bond donors (Lipinski definition) is 1. The summed E-state index contributed by atoms with van der Waals surface area (Å²) in [6.45, 7) is 0. The molecule has 5 heteroatoms. The summed E-state index contributed by atoms with van der Waals surface area (Å²) in [5, 5.41) is 0. The van der Waals surface area contributed by atoms with Gasteiger partial charge in [0, 0.05) is 0 Å². The summed E-state index contributed by atoms with van der Waals surface area (Å²) in [6.07, 6.45) is 2.77. The van der Waals surface area contributed by atoms with E-state index in [1.165, 1.54) is 19.8 Å². The molecule has 0 aromatic carbocycles. The Morgan fingerprint density at radius 3 is 2.67 bits per heavy atom. The van der Waals surface area contributed by atoms with Gasteiger partial charge in [-0.25, -0.2) is 10.5 Å². The highest BCUT2D eigenvalue weighted by Gasteiger charge is 1.86. The highest BCUT2D eigenvalue weighted by molar-refractivity contribution is 5.15. The minimum atomic E-state index is 0.410. The van der Waals surface area contributed by atoms with E-state index in [1.807, 2.05) is 0 Å². The quantitative estimate of drug-likeness (QED) is 0.558. The lowest BCUT2D eigenvalue weighted by Crippen LogP contribution is -2.00. The highest BCUT2D eigenvalue weighted by Crippen LogP contribution is 1.88. The highest BCUT2D eigenvalue weighted by atomic mass is 16.6. The molecule has 1 aromatic heterocycles. The van der Waals surface area contributed by atoms with Crippen LogP contribution in [-0.4, -0.2) is 22.1 Å². The fourth-order valence-corrected chi connectivity index (χ4v) is 0.383. The molecular weight excluding hydrogens is 120 g/mol. The van der Waals surface area contributed by atoms with Gasteiger partial charge in [-0.2, -0.15) is 9.97 Å². The van der Waals surface area contributed by atoms with Crippen LogP contribution in [0.2, 0.25) is 0 Å². The lowest BCUT2D eigenvalue weighted by Gasteiger charge is -1.96. The van der Waals surface area contributed by atoms with Crippen molar-refractivity contribution in [2.24, 2.45) is 0 Å². The van der Waals surface area contributed by atoms with Crippen LogP contribution < -0.4 is 5.48 Å². The van der Waals surface area contributed by atoms with Gasteiger partial charge in [0.05, 0.1) is 7.11 Å². The zero-order valence-corrected chi connectivity index (χ0v) is 4.90. The molecule has 0 amide bonds. The topological polar surface area (TPSA) is 59.9 Å². The molecule has 0 fully saturated rings. The molecule has 0 aliphatic rings. The van der Waals surface area contributed by atoms with Crippen molar-refractivity contribution in [1.29, 1.82) is 0 Å². The van der Waals surface area contributed by atoms with Crippen molar-refractivity contribution in [3.63, 3.8) is 0 Å². The lowest BCUT2D eigenvalue weighted by atomic mass is 11.0. The molecule has 0 saturated carbocycles. The minimum absolute atomic E-state index is 0.410. The molecule has 0 aliphatic heterocycles. The molecule has 9 heavy (non-hydrogen) atoms. The van der Waals surface area contributed by atoms with Crippen LogP contribution in [0.1, 0.15) is 0 Å². The monoisotopic (exact) mass is 126 g/mol. The molecule has 1 N–H and O–H groups in total. The predicted molar refractivity (Wildman–Crippen MR) is 30.5 cm³/mol. The average molecular weight is 126 g/mol. The minimum Gasteiger partial charge on any atom is -0.277 e. The van der Waals surface area contributed by atoms with Crippen molar-refractivity contribution in [2.75, 3.05) is 12.6 Å². The second-order valence-corrected chi connectivity index (χ2v) is 1.27. The smallest absolute Gasteiger partial charge is 0.250 e. The fraction of sp³-hybridized carbons (Fsp3) is 0.250. The van der Waals surface area contributed by atoms with E-state index in [0.717, 1.165) is 0 Å². The summed E-state index contributed by atoms with van der Waals surface area (Å²) < 4.78 is 0. The van der Waals surface area contributed by atoms with E-state index in [4.69, 9.17) is 0 Å². The van der Waals surface area contributed by atoms with Crippen molar-refractivity contribution >= 4 is 5.95 Å². The molecule has 0 saturated heterocycles. The maximum absolute atomic E-state index is 4.53. The average Bonchev–Trinajstić information content (AvgIpc) is 1.91. The Bertz CT molecular complexity index is 165. The largest absolute Gasteiger partial charge is 0.277 e. The molecule has 0 spiro atoms. The third-order valence-corrected chi connectivity index (χ3v) is 0.687. The van der Waals surface area contributed by atoms with Gasteiger partial charge in [-0.15, -0.1) is 0 Å². The number of hydrogen-bond acceptors (Lipinski definition) is 5. The molecule has 1 heterocycles. The van der Waals surface area contributed by atoms with Crippen LogP contribution >= 0.6 is 0 Å². The lowest BCUT2D eigenvalue weighted by molar-refractivity contribution is 0.267. The standard InChI is InChI=1S/C4H6N4O/c1-9-8-4-6-2-5-3-7-4/h2-3H,1H3,(H,5,6,7,8). The van der Waals surface area contributed by atoms with Crippen LogP contribution in [0.3, 0.4) is 0 Å². The first-order valence-corrected chi connectivity index (χ1v) is 2.34. The fourth-order valence-electron chi connectivity index (χ4n) is 0.383. The number of aromatic nitrogens is 3. The Labute approximate surface area is 52.1 Å². The normalized spacial score (nSPS) is 9.00. The second kappa shape index (κ2) is 2.93. The Morgan fingerprint density at radius 1 is 1.44 bits per heavy atom. The van der Waals surface area contributed by atoms with Gasteiger partial charge >= 0.3 is 0 Å². The van der Waals surface area contributed by atoms with Gasteiger partial charge in [0.2, 0.25) is 5.95 Å². The van der Waals surface area contributed by atoms with Crippen LogP contribution in [0.5, 0.6) is 0 Å². The summed E-state index contributed by atoms with van der Waals surface area (Å²) >= 11 is 0. The van der Waals surface area contributed by atoms with E-state index in [2.05, 4.69) is 25.3 Å². The summed E-state index contributed by atoms with van der Waals surface area (Å²) in [6, 6.07) is 0. The van der Waals surface area contributed by atoms with Gasteiger partial charge in [-0.05, 0) is 0 Å². The second-order valence-electron chi connectivity index (χ2n) is 1.27. The van der Waals surface area contributed by atoms with Crippen LogP contribution in [0.25, 0.3) is 0 Å². The van der Waals surface area contributed by atoms with E-state index >= 15 is 0 Å². The van der Waals surface area contributed by atoms with E-state index in [-0.39, 0.29) is 0 Å². The van der Waals surface area contributed by atoms with Crippen LogP contribution in [0.15, 0.2) is 12.7 Å². The molecule has 0 bridgehead atoms. The van der Waals surface area contributed by atoms with Crippen molar-refractivity contribution in [1.82, 2.24) is 15.0 Å². The molecule has 0 unspecified atom stereocenters. The Kier molecular flexibility index (Phi) is 1.92. The summed E-state index contributed by atoms with van der Waals surface area (Å²) in [5.41, 5.74) is 2.45. The van der Waals surface area contributed by atoms with Crippen LogP contribution in [-0.2, 0) is 4.84 Å². The van der Waals surface area contributed by atoms with E-state index < -0.39 is 0 Å². The first-order valence-electron chi connectivity index (χ1n) is 2.34. The van der Waals surface area contributed by atoms with Gasteiger partial charge in [-0.3, -0.25) is 4.84 Å². The van der Waals surface area contributed by atoms with E-state index in [9.17, 15) is 0 Å². The Hall–Kier alpha value is -1.23. The first kappa shape index (κ1) is 5.90. The Morgan fingerprint density at radius 2 is 2.11 bits per heavy atom. The molecule has 5 nitrogen and oxygen atoms in total. The van der Waals surface area contributed by atoms with Crippen molar-refractivity contribution < 1.29 is 4.84 Å². The van der Waals surface area contributed by atoms with Crippen molar-refractivity contribution in [3.05, 3.63) is 12.7 Å². The third-order valence-electron chi connectivity index (χ3n) is 0.687. The molecule has 1 rings (SSSR count). The zero-order chi connectivity index (χ0) is 6.53. The van der Waals surface area contributed by atoms with E-state index in [1.54, 1.807) is 0 Å². The SMILES string of the molecule is CONc1ncncn1. The molecule has 48 valence electrons. The number of rotatable bonds is 2. The van der Waals surface area contributed by atoms with Gasteiger partial charge in [0.15, 0.2) is 0 Å². The zero-order valence-electron chi connectivity index (χ0n) is 4.90. The molecule has 0 radical (unpaired) electrons. The number of anilines is 1. The van der Waals surface area contributed by atoms with Gasteiger partial charge in [0.1, 0.15) is 12.7 Å². The van der Waals surface area contributed by atoms with Crippen LogP contribution in [0.4, 0.5) is 5.95 Å². The Balaban J connectivity index is 2.61.